The van der Waals surface area contributed by atoms with E-state index in [0.29, 0.717) is 17.9 Å². The lowest BCUT2D eigenvalue weighted by Gasteiger charge is -2.44. The first-order valence-electron chi connectivity index (χ1n) is 8.88. The fourth-order valence-corrected chi connectivity index (χ4v) is 3.97. The molecule has 116 valence electrons. The first-order chi connectivity index (χ1) is 9.81. The molecule has 2 nitrogen and oxygen atoms in total. The molecule has 0 spiro atoms. The third-order valence-electron chi connectivity index (χ3n) is 5.22. The lowest BCUT2D eigenvalue weighted by atomic mass is 9.67. The zero-order chi connectivity index (χ0) is 14.2. The van der Waals surface area contributed by atoms with E-state index in [-0.39, 0.29) is 6.10 Å². The molecule has 0 aromatic rings. The average molecular weight is 280 g/mol. The molecule has 0 saturated heterocycles. The number of ether oxygens (including phenoxy) is 1. The van der Waals surface area contributed by atoms with E-state index in [1.807, 2.05) is 0 Å². The van der Waals surface area contributed by atoms with E-state index in [4.69, 9.17) is 4.74 Å². The average Bonchev–Trinajstić information content (AvgIpc) is 2.46. The Morgan fingerprint density at radius 2 is 1.60 bits per heavy atom. The summed E-state index contributed by atoms with van der Waals surface area (Å²) in [5.41, 5.74) is 0. The molecule has 0 heterocycles. The molecular weight excluding hydrogens is 248 g/mol. The molecule has 2 heteroatoms. The SMILES string of the molecule is [CH2]CCCCCCCCCOC1CC2CCC1C([O])C2. The van der Waals surface area contributed by atoms with Crippen molar-refractivity contribution in [2.75, 3.05) is 6.61 Å². The van der Waals surface area contributed by atoms with Crippen molar-refractivity contribution in [2.24, 2.45) is 11.8 Å². The molecule has 4 atom stereocenters. The number of hydrogen-bond donors (Lipinski definition) is 0. The lowest BCUT2D eigenvalue weighted by molar-refractivity contribution is -0.131. The highest BCUT2D eigenvalue weighted by atomic mass is 16.5. The van der Waals surface area contributed by atoms with Gasteiger partial charge in [-0.3, -0.25) is 0 Å². The molecule has 3 rings (SSSR count). The lowest BCUT2D eigenvalue weighted by Crippen LogP contribution is -2.45. The van der Waals surface area contributed by atoms with Crippen molar-refractivity contribution in [3.63, 3.8) is 0 Å². The van der Waals surface area contributed by atoms with E-state index in [1.165, 1.54) is 51.4 Å². The van der Waals surface area contributed by atoms with Crippen molar-refractivity contribution in [1.82, 2.24) is 0 Å². The van der Waals surface area contributed by atoms with Gasteiger partial charge in [0.1, 0.15) is 0 Å². The molecule has 2 radical (unpaired) electrons. The van der Waals surface area contributed by atoms with Gasteiger partial charge in [0, 0.05) is 12.5 Å². The quantitative estimate of drug-likeness (QED) is 0.521. The van der Waals surface area contributed by atoms with Gasteiger partial charge in [0.2, 0.25) is 0 Å². The maximum absolute atomic E-state index is 11.9. The minimum absolute atomic E-state index is 0.294. The summed E-state index contributed by atoms with van der Waals surface area (Å²) in [6.07, 6.45) is 14.6. The van der Waals surface area contributed by atoms with Gasteiger partial charge in [-0.1, -0.05) is 51.9 Å². The second kappa shape index (κ2) is 9.04. The van der Waals surface area contributed by atoms with Crippen molar-refractivity contribution in [3.8, 4) is 0 Å². The molecule has 3 aliphatic rings. The van der Waals surface area contributed by atoms with E-state index >= 15 is 0 Å². The molecular formula is C18H32O2. The largest absolute Gasteiger partial charge is 0.378 e. The van der Waals surface area contributed by atoms with Gasteiger partial charge in [0.15, 0.2) is 0 Å². The Bertz CT molecular complexity index is 254. The third-order valence-corrected chi connectivity index (χ3v) is 5.22. The van der Waals surface area contributed by atoms with Crippen molar-refractivity contribution >= 4 is 0 Å². The maximum Gasteiger partial charge on any atom is 0.0985 e. The van der Waals surface area contributed by atoms with Crippen LogP contribution < -0.4 is 0 Å². The zero-order valence-electron chi connectivity index (χ0n) is 13.0. The second-order valence-corrected chi connectivity index (χ2v) is 6.85. The van der Waals surface area contributed by atoms with Gasteiger partial charge in [0.05, 0.1) is 12.2 Å². The Kier molecular flexibility index (Phi) is 7.37. The van der Waals surface area contributed by atoms with Crippen LogP contribution >= 0.6 is 0 Å². The standard InChI is InChI=1S/C18H32O2/c1-2-3-4-5-6-7-8-9-12-20-18-14-15-10-11-16(18)17(19)13-15/h15-18H,1-14H2. The van der Waals surface area contributed by atoms with Gasteiger partial charge in [-0.15, -0.1) is 0 Å². The number of fused-ring (bicyclic) bond motifs is 3. The predicted molar refractivity (Wildman–Crippen MR) is 82.0 cm³/mol. The summed E-state index contributed by atoms with van der Waals surface area (Å²) < 4.78 is 6.02. The third kappa shape index (κ3) is 5.04. The van der Waals surface area contributed by atoms with Crippen LogP contribution in [0.25, 0.3) is 0 Å². The first-order valence-corrected chi connectivity index (χ1v) is 8.88. The monoisotopic (exact) mass is 280 g/mol. The summed E-state index contributed by atoms with van der Waals surface area (Å²) in [4.78, 5) is 0. The fourth-order valence-electron chi connectivity index (χ4n) is 3.97. The number of rotatable bonds is 10. The molecule has 3 fully saturated rings. The minimum atomic E-state index is -0.333. The summed E-state index contributed by atoms with van der Waals surface area (Å²) in [7, 11) is 0. The zero-order valence-corrected chi connectivity index (χ0v) is 13.0. The van der Waals surface area contributed by atoms with Crippen LogP contribution in [0, 0.1) is 18.8 Å². The topological polar surface area (TPSA) is 29.1 Å². The van der Waals surface area contributed by atoms with Crippen LogP contribution in [0.4, 0.5) is 0 Å². The molecule has 3 aliphatic carbocycles. The molecule has 0 aliphatic heterocycles. The molecule has 2 bridgehead atoms. The Morgan fingerprint density at radius 3 is 2.25 bits per heavy atom. The summed E-state index contributed by atoms with van der Waals surface area (Å²) in [5, 5.41) is 11.9. The molecule has 3 saturated carbocycles. The Morgan fingerprint density at radius 1 is 0.900 bits per heavy atom. The van der Waals surface area contributed by atoms with Crippen molar-refractivity contribution in [2.45, 2.75) is 89.3 Å². The highest BCUT2D eigenvalue weighted by molar-refractivity contribution is 4.92. The van der Waals surface area contributed by atoms with Crippen molar-refractivity contribution in [1.29, 1.82) is 0 Å². The summed E-state index contributed by atoms with van der Waals surface area (Å²) in [6, 6.07) is 0. The van der Waals surface area contributed by atoms with Crippen molar-refractivity contribution in [3.05, 3.63) is 6.92 Å². The smallest absolute Gasteiger partial charge is 0.0985 e. The van der Waals surface area contributed by atoms with Gasteiger partial charge in [-0.25, -0.2) is 5.11 Å². The van der Waals surface area contributed by atoms with Gasteiger partial charge in [0.25, 0.3) is 0 Å². The first kappa shape index (κ1) is 16.3. The van der Waals surface area contributed by atoms with Crippen molar-refractivity contribution < 1.29 is 9.84 Å². The summed E-state index contributed by atoms with van der Waals surface area (Å²) in [5.74, 6) is 0.989. The van der Waals surface area contributed by atoms with Crippen LogP contribution in [0.3, 0.4) is 0 Å². The van der Waals surface area contributed by atoms with Crippen LogP contribution in [0.5, 0.6) is 0 Å². The maximum atomic E-state index is 11.9. The van der Waals surface area contributed by atoms with Gasteiger partial charge < -0.3 is 4.74 Å². The predicted octanol–water partition coefficient (Wildman–Crippen LogP) is 4.95. The second-order valence-electron chi connectivity index (χ2n) is 6.85. The van der Waals surface area contributed by atoms with Gasteiger partial charge in [-0.2, -0.15) is 0 Å². The Hall–Kier alpha value is -0.0800. The van der Waals surface area contributed by atoms with E-state index in [1.54, 1.807) is 0 Å². The van der Waals surface area contributed by atoms with Crippen LogP contribution in [0.2, 0.25) is 0 Å². The summed E-state index contributed by atoms with van der Waals surface area (Å²) in [6.45, 7) is 4.75. The Balaban J connectivity index is 1.45. The van der Waals surface area contributed by atoms with E-state index in [9.17, 15) is 5.11 Å². The van der Waals surface area contributed by atoms with Crippen LogP contribution in [-0.4, -0.2) is 18.8 Å². The molecule has 0 N–H and O–H groups in total. The van der Waals surface area contributed by atoms with E-state index in [0.717, 1.165) is 32.3 Å². The van der Waals surface area contributed by atoms with Gasteiger partial charge >= 0.3 is 0 Å². The molecule has 20 heavy (non-hydrogen) atoms. The van der Waals surface area contributed by atoms with Crippen LogP contribution in [0.1, 0.15) is 77.0 Å². The molecule has 0 aromatic carbocycles. The van der Waals surface area contributed by atoms with Crippen LogP contribution in [0.15, 0.2) is 0 Å². The normalized spacial score (nSPS) is 32.7. The molecule has 4 unspecified atom stereocenters. The fraction of sp³-hybridized carbons (Fsp3) is 0.944. The van der Waals surface area contributed by atoms with Gasteiger partial charge in [-0.05, 0) is 38.0 Å². The van der Waals surface area contributed by atoms with E-state index < -0.39 is 0 Å². The van der Waals surface area contributed by atoms with E-state index in [2.05, 4.69) is 6.92 Å². The number of hydrogen-bond acceptors (Lipinski definition) is 1. The summed E-state index contributed by atoms with van der Waals surface area (Å²) >= 11 is 0. The molecule has 0 amide bonds. The highest BCUT2D eigenvalue weighted by Crippen LogP contribution is 2.43. The number of unbranched alkanes of at least 4 members (excludes halogenated alkanes) is 7. The van der Waals surface area contributed by atoms with Crippen LogP contribution in [-0.2, 0) is 9.84 Å². The highest BCUT2D eigenvalue weighted by Gasteiger charge is 2.42. The molecule has 0 aromatic heterocycles. The minimum Gasteiger partial charge on any atom is -0.378 e. The Labute approximate surface area is 125 Å².